The summed E-state index contributed by atoms with van der Waals surface area (Å²) in [6.07, 6.45) is 0. The standard InChI is InChI=1S/C11H14N2O4S/c1-12(2)5-6-18-8-3-4-9(11(14)15)10(7-8)13(16)17/h3-4,7H,5-6H2,1-2H3,(H,14,15). The first-order chi connectivity index (χ1) is 8.41. The summed E-state index contributed by atoms with van der Waals surface area (Å²) in [4.78, 5) is 23.7. The number of nitrogens with zero attached hydrogens (tertiary/aromatic N) is 2. The number of hydrogen-bond acceptors (Lipinski definition) is 5. The molecular weight excluding hydrogens is 256 g/mol. The highest BCUT2D eigenvalue weighted by atomic mass is 32.2. The molecule has 0 fully saturated rings. The Kier molecular flexibility index (Phi) is 5.11. The van der Waals surface area contributed by atoms with Crippen LogP contribution in [0.5, 0.6) is 0 Å². The smallest absolute Gasteiger partial charge is 0.342 e. The van der Waals surface area contributed by atoms with E-state index in [1.807, 2.05) is 19.0 Å². The zero-order chi connectivity index (χ0) is 13.7. The van der Waals surface area contributed by atoms with E-state index in [1.54, 1.807) is 6.07 Å². The Morgan fingerprint density at radius 2 is 2.17 bits per heavy atom. The SMILES string of the molecule is CN(C)CCSc1ccc(C(=O)O)c([N+](=O)[O-])c1. The number of thioether (sulfide) groups is 1. The molecule has 18 heavy (non-hydrogen) atoms. The first kappa shape index (κ1) is 14.5. The van der Waals surface area contributed by atoms with Crippen molar-refractivity contribution in [1.29, 1.82) is 0 Å². The first-order valence-electron chi connectivity index (χ1n) is 5.21. The third kappa shape index (κ3) is 4.01. The summed E-state index contributed by atoms with van der Waals surface area (Å²) in [6.45, 7) is 0.846. The van der Waals surface area contributed by atoms with Crippen LogP contribution in [0.3, 0.4) is 0 Å². The maximum atomic E-state index is 10.8. The van der Waals surface area contributed by atoms with Crippen LogP contribution < -0.4 is 0 Å². The summed E-state index contributed by atoms with van der Waals surface area (Å²) >= 11 is 1.46. The van der Waals surface area contributed by atoms with E-state index in [4.69, 9.17) is 5.11 Å². The largest absolute Gasteiger partial charge is 0.477 e. The van der Waals surface area contributed by atoms with Gasteiger partial charge in [-0.1, -0.05) is 0 Å². The van der Waals surface area contributed by atoms with Crippen molar-refractivity contribution in [1.82, 2.24) is 4.90 Å². The average molecular weight is 270 g/mol. The van der Waals surface area contributed by atoms with E-state index in [0.717, 1.165) is 12.3 Å². The lowest BCUT2D eigenvalue weighted by Gasteiger charge is -2.08. The van der Waals surface area contributed by atoms with Gasteiger partial charge < -0.3 is 10.0 Å². The van der Waals surface area contributed by atoms with Crippen LogP contribution >= 0.6 is 11.8 Å². The van der Waals surface area contributed by atoms with Gasteiger partial charge in [-0.3, -0.25) is 10.1 Å². The van der Waals surface area contributed by atoms with Gasteiger partial charge in [0.1, 0.15) is 5.56 Å². The van der Waals surface area contributed by atoms with Crippen molar-refractivity contribution in [2.75, 3.05) is 26.4 Å². The molecule has 0 amide bonds. The van der Waals surface area contributed by atoms with Gasteiger partial charge in [-0.05, 0) is 26.2 Å². The second-order valence-electron chi connectivity index (χ2n) is 3.89. The third-order valence-electron chi connectivity index (χ3n) is 2.20. The second-order valence-corrected chi connectivity index (χ2v) is 5.06. The quantitative estimate of drug-likeness (QED) is 0.483. The summed E-state index contributed by atoms with van der Waals surface area (Å²) < 4.78 is 0. The summed E-state index contributed by atoms with van der Waals surface area (Å²) in [5.74, 6) is -0.497. The van der Waals surface area contributed by atoms with E-state index in [9.17, 15) is 14.9 Å². The van der Waals surface area contributed by atoms with Gasteiger partial charge in [-0.25, -0.2) is 4.79 Å². The van der Waals surface area contributed by atoms with Gasteiger partial charge in [0.05, 0.1) is 4.92 Å². The van der Waals surface area contributed by atoms with Crippen molar-refractivity contribution in [2.45, 2.75) is 4.90 Å². The number of carbonyl (C=O) groups is 1. The molecule has 6 nitrogen and oxygen atoms in total. The van der Waals surface area contributed by atoms with E-state index in [2.05, 4.69) is 0 Å². The van der Waals surface area contributed by atoms with Crippen LogP contribution in [0.25, 0.3) is 0 Å². The highest BCUT2D eigenvalue weighted by molar-refractivity contribution is 7.99. The van der Waals surface area contributed by atoms with Crippen molar-refractivity contribution in [2.24, 2.45) is 0 Å². The second kappa shape index (κ2) is 6.36. The minimum absolute atomic E-state index is 0.281. The number of hydrogen-bond donors (Lipinski definition) is 1. The minimum atomic E-state index is -1.29. The zero-order valence-electron chi connectivity index (χ0n) is 10.1. The maximum Gasteiger partial charge on any atom is 0.342 e. The van der Waals surface area contributed by atoms with E-state index < -0.39 is 10.9 Å². The lowest BCUT2D eigenvalue weighted by molar-refractivity contribution is -0.385. The highest BCUT2D eigenvalue weighted by Gasteiger charge is 2.19. The number of rotatable bonds is 6. The van der Waals surface area contributed by atoms with Gasteiger partial charge in [-0.15, -0.1) is 11.8 Å². The molecule has 0 atom stereocenters. The van der Waals surface area contributed by atoms with E-state index in [-0.39, 0.29) is 11.3 Å². The van der Waals surface area contributed by atoms with Crippen molar-refractivity contribution in [3.63, 3.8) is 0 Å². The van der Waals surface area contributed by atoms with Gasteiger partial charge in [0.15, 0.2) is 0 Å². The fraction of sp³-hybridized carbons (Fsp3) is 0.364. The van der Waals surface area contributed by atoms with Gasteiger partial charge in [0.25, 0.3) is 5.69 Å². The summed E-state index contributed by atoms with van der Waals surface area (Å²) in [6, 6.07) is 4.18. The molecule has 0 bridgehead atoms. The molecule has 0 unspecified atom stereocenters. The predicted molar refractivity (Wildman–Crippen MR) is 69.3 cm³/mol. The van der Waals surface area contributed by atoms with Crippen LogP contribution in [0, 0.1) is 10.1 Å². The molecule has 0 saturated heterocycles. The average Bonchev–Trinajstić information content (AvgIpc) is 2.28. The monoisotopic (exact) mass is 270 g/mol. The van der Waals surface area contributed by atoms with Crippen LogP contribution in [-0.2, 0) is 0 Å². The molecular formula is C11H14N2O4S. The Bertz CT molecular complexity index is 462. The Labute approximate surface area is 109 Å². The minimum Gasteiger partial charge on any atom is -0.477 e. The normalized spacial score (nSPS) is 10.6. The van der Waals surface area contributed by atoms with Crippen LogP contribution in [0.2, 0.25) is 0 Å². The van der Waals surface area contributed by atoms with Gasteiger partial charge in [0.2, 0.25) is 0 Å². The summed E-state index contributed by atoms with van der Waals surface area (Å²) in [5, 5.41) is 19.6. The molecule has 0 spiro atoms. The van der Waals surface area contributed by atoms with Crippen LogP contribution in [-0.4, -0.2) is 47.3 Å². The number of aromatic carboxylic acids is 1. The number of carboxylic acids is 1. The number of carboxylic acid groups (broad SMARTS) is 1. The highest BCUT2D eigenvalue weighted by Crippen LogP contribution is 2.26. The molecule has 0 saturated carbocycles. The van der Waals surface area contributed by atoms with Gasteiger partial charge in [0, 0.05) is 23.3 Å². The molecule has 1 rings (SSSR count). The summed E-state index contributed by atoms with van der Waals surface area (Å²) in [7, 11) is 3.88. The number of benzene rings is 1. The van der Waals surface area contributed by atoms with Crippen molar-refractivity contribution in [3.05, 3.63) is 33.9 Å². The lowest BCUT2D eigenvalue weighted by atomic mass is 10.2. The Balaban J connectivity index is 2.87. The maximum absolute atomic E-state index is 10.8. The fourth-order valence-corrected chi connectivity index (χ4v) is 2.33. The van der Waals surface area contributed by atoms with E-state index in [1.165, 1.54) is 23.9 Å². The van der Waals surface area contributed by atoms with Crippen molar-refractivity contribution < 1.29 is 14.8 Å². The molecule has 0 aromatic heterocycles. The third-order valence-corrected chi connectivity index (χ3v) is 3.18. The van der Waals surface area contributed by atoms with Gasteiger partial charge >= 0.3 is 5.97 Å². The van der Waals surface area contributed by atoms with Crippen molar-refractivity contribution in [3.8, 4) is 0 Å². The van der Waals surface area contributed by atoms with Crippen molar-refractivity contribution >= 4 is 23.4 Å². The summed E-state index contributed by atoms with van der Waals surface area (Å²) in [5.41, 5.74) is -0.644. The Morgan fingerprint density at radius 3 is 2.67 bits per heavy atom. The van der Waals surface area contributed by atoms with E-state index >= 15 is 0 Å². The zero-order valence-corrected chi connectivity index (χ0v) is 10.9. The molecule has 7 heteroatoms. The lowest BCUT2D eigenvalue weighted by Crippen LogP contribution is -2.14. The van der Waals surface area contributed by atoms with E-state index in [0.29, 0.717) is 4.90 Å². The van der Waals surface area contributed by atoms with Crippen LogP contribution in [0.15, 0.2) is 23.1 Å². The molecule has 1 aromatic carbocycles. The molecule has 1 N–H and O–H groups in total. The molecule has 0 aliphatic heterocycles. The molecule has 0 radical (unpaired) electrons. The molecule has 0 aliphatic rings. The molecule has 98 valence electrons. The topological polar surface area (TPSA) is 83.7 Å². The first-order valence-corrected chi connectivity index (χ1v) is 6.19. The Hall–Kier alpha value is -1.60. The van der Waals surface area contributed by atoms with Crippen LogP contribution in [0.4, 0.5) is 5.69 Å². The number of nitro groups is 1. The molecule has 1 aromatic rings. The molecule has 0 heterocycles. The molecule has 0 aliphatic carbocycles. The van der Waals surface area contributed by atoms with Crippen LogP contribution in [0.1, 0.15) is 10.4 Å². The number of nitro benzene ring substituents is 1. The predicted octanol–water partition coefficient (Wildman–Crippen LogP) is 1.95. The van der Waals surface area contributed by atoms with Gasteiger partial charge in [-0.2, -0.15) is 0 Å². The Morgan fingerprint density at radius 1 is 1.50 bits per heavy atom. The fourth-order valence-electron chi connectivity index (χ4n) is 1.28.